The maximum absolute atomic E-state index is 11.8. The molecule has 0 aromatic carbocycles. The van der Waals surface area contributed by atoms with Crippen molar-refractivity contribution >= 4 is 12.3 Å². The van der Waals surface area contributed by atoms with Crippen LogP contribution in [0.15, 0.2) is 18.3 Å². The molecule has 19 heavy (non-hydrogen) atoms. The number of pyridine rings is 1. The molecule has 0 bridgehead atoms. The molecule has 1 fully saturated rings. The van der Waals surface area contributed by atoms with Gasteiger partial charge >= 0.3 is 5.97 Å². The van der Waals surface area contributed by atoms with Gasteiger partial charge in [-0.2, -0.15) is 0 Å². The highest BCUT2D eigenvalue weighted by Crippen LogP contribution is 2.39. The minimum absolute atomic E-state index is 0.197. The molecule has 5 nitrogen and oxygen atoms in total. The number of nitrogens with zero attached hydrogens (tertiary/aromatic N) is 1. The third-order valence-electron chi connectivity index (χ3n) is 3.63. The van der Waals surface area contributed by atoms with Crippen LogP contribution in [0.5, 0.6) is 0 Å². The van der Waals surface area contributed by atoms with Crippen molar-refractivity contribution in [2.24, 2.45) is 5.73 Å². The van der Waals surface area contributed by atoms with E-state index < -0.39 is 5.54 Å². The van der Waals surface area contributed by atoms with Gasteiger partial charge in [0, 0.05) is 6.20 Å². The van der Waals surface area contributed by atoms with Gasteiger partial charge in [-0.05, 0) is 43.7 Å². The molecule has 2 unspecified atom stereocenters. The summed E-state index contributed by atoms with van der Waals surface area (Å²) in [5.74, 6) is -0.127. The Labute approximate surface area is 112 Å². The van der Waals surface area contributed by atoms with Crippen LogP contribution in [0, 0.1) is 0 Å². The molecule has 1 aromatic rings. The Bertz CT molecular complexity index is 472. The fraction of sp³-hybridized carbons (Fsp3) is 0.500. The number of hydrogen-bond acceptors (Lipinski definition) is 5. The highest BCUT2D eigenvalue weighted by Gasteiger charge is 2.43. The lowest BCUT2D eigenvalue weighted by Gasteiger charge is -2.21. The normalized spacial score (nSPS) is 26.1. The van der Waals surface area contributed by atoms with Crippen LogP contribution in [0.25, 0.3) is 0 Å². The first-order valence-electron chi connectivity index (χ1n) is 6.46. The molecular formula is C14H18N2O3. The molecule has 2 rings (SSSR count). The van der Waals surface area contributed by atoms with E-state index in [1.165, 1.54) is 0 Å². The lowest BCUT2D eigenvalue weighted by molar-refractivity contribution is -0.149. The second kappa shape index (κ2) is 5.48. The summed E-state index contributed by atoms with van der Waals surface area (Å²) in [6.45, 7) is 2.12. The summed E-state index contributed by atoms with van der Waals surface area (Å²) in [7, 11) is 0. The van der Waals surface area contributed by atoms with Crippen molar-refractivity contribution < 1.29 is 14.3 Å². The average molecular weight is 262 g/mol. The first kappa shape index (κ1) is 13.7. The van der Waals surface area contributed by atoms with Crippen LogP contribution in [0.3, 0.4) is 0 Å². The predicted molar refractivity (Wildman–Crippen MR) is 69.8 cm³/mol. The topological polar surface area (TPSA) is 82.3 Å². The van der Waals surface area contributed by atoms with E-state index in [2.05, 4.69) is 4.98 Å². The van der Waals surface area contributed by atoms with Crippen molar-refractivity contribution in [1.29, 1.82) is 0 Å². The summed E-state index contributed by atoms with van der Waals surface area (Å²) in [4.78, 5) is 26.4. The van der Waals surface area contributed by atoms with E-state index >= 15 is 0 Å². The minimum atomic E-state index is -0.885. The number of aromatic nitrogens is 1. The van der Waals surface area contributed by atoms with Gasteiger partial charge in [0.1, 0.15) is 11.2 Å². The van der Waals surface area contributed by atoms with E-state index in [0.29, 0.717) is 31.4 Å². The van der Waals surface area contributed by atoms with E-state index in [-0.39, 0.29) is 11.9 Å². The largest absolute Gasteiger partial charge is 0.465 e. The van der Waals surface area contributed by atoms with E-state index in [4.69, 9.17) is 10.5 Å². The van der Waals surface area contributed by atoms with Crippen molar-refractivity contribution in [2.45, 2.75) is 37.6 Å². The molecule has 0 radical (unpaired) electrons. The molecule has 102 valence electrons. The molecule has 1 saturated carbocycles. The van der Waals surface area contributed by atoms with E-state index in [1.807, 2.05) is 6.07 Å². The molecule has 0 amide bonds. The summed E-state index contributed by atoms with van der Waals surface area (Å²) in [5.41, 5.74) is 6.66. The Balaban J connectivity index is 2.08. The fourth-order valence-corrected chi connectivity index (χ4v) is 2.55. The van der Waals surface area contributed by atoms with Crippen molar-refractivity contribution in [2.75, 3.05) is 6.61 Å². The monoisotopic (exact) mass is 262 g/mol. The van der Waals surface area contributed by atoms with Crippen LogP contribution >= 0.6 is 0 Å². The zero-order chi connectivity index (χ0) is 13.9. The van der Waals surface area contributed by atoms with Gasteiger partial charge in [0.05, 0.1) is 6.61 Å². The van der Waals surface area contributed by atoms with Gasteiger partial charge in [-0.25, -0.2) is 0 Å². The van der Waals surface area contributed by atoms with Crippen molar-refractivity contribution in [1.82, 2.24) is 4.98 Å². The summed E-state index contributed by atoms with van der Waals surface area (Å²) in [6.07, 6.45) is 4.41. The number of aldehydes is 1. The standard InChI is InChI=1S/C14H18N2O3/c1-2-19-13(18)14(15)6-5-10(7-14)11-3-4-12(9-17)16-8-11/h3-4,8-10H,2,5-7,15H2,1H3. The number of carbonyl (C=O) groups is 2. The Morgan fingerprint density at radius 2 is 2.42 bits per heavy atom. The first-order valence-corrected chi connectivity index (χ1v) is 6.46. The van der Waals surface area contributed by atoms with Crippen molar-refractivity contribution in [3.8, 4) is 0 Å². The van der Waals surface area contributed by atoms with Crippen LogP contribution in [0.1, 0.15) is 48.2 Å². The lowest BCUT2D eigenvalue weighted by atomic mass is 9.94. The van der Waals surface area contributed by atoms with E-state index in [9.17, 15) is 9.59 Å². The third kappa shape index (κ3) is 2.81. The molecule has 2 atom stereocenters. The molecule has 1 heterocycles. The van der Waals surface area contributed by atoms with Crippen molar-refractivity contribution in [3.05, 3.63) is 29.6 Å². The van der Waals surface area contributed by atoms with Crippen LogP contribution in [-0.2, 0) is 9.53 Å². The molecule has 1 aliphatic carbocycles. The lowest BCUT2D eigenvalue weighted by Crippen LogP contribution is -2.46. The van der Waals surface area contributed by atoms with E-state index in [0.717, 1.165) is 12.0 Å². The SMILES string of the molecule is CCOC(=O)C1(N)CCC(c2ccc(C=O)nc2)C1. The maximum atomic E-state index is 11.8. The Morgan fingerprint density at radius 3 is 3.00 bits per heavy atom. The van der Waals surface area contributed by atoms with Gasteiger partial charge in [-0.15, -0.1) is 0 Å². The predicted octanol–water partition coefficient (Wildman–Crippen LogP) is 1.42. The van der Waals surface area contributed by atoms with Crippen LogP contribution < -0.4 is 5.73 Å². The summed E-state index contributed by atoms with van der Waals surface area (Å²) in [5, 5.41) is 0. The smallest absolute Gasteiger partial charge is 0.326 e. The second-order valence-corrected chi connectivity index (χ2v) is 4.95. The van der Waals surface area contributed by atoms with Gasteiger partial charge in [0.25, 0.3) is 0 Å². The summed E-state index contributed by atoms with van der Waals surface area (Å²) >= 11 is 0. The highest BCUT2D eigenvalue weighted by molar-refractivity contribution is 5.81. The molecule has 5 heteroatoms. The Morgan fingerprint density at radius 1 is 1.63 bits per heavy atom. The van der Waals surface area contributed by atoms with Gasteiger partial charge in [0.15, 0.2) is 6.29 Å². The average Bonchev–Trinajstić information content (AvgIpc) is 2.83. The van der Waals surface area contributed by atoms with Gasteiger partial charge in [0.2, 0.25) is 0 Å². The number of ether oxygens (including phenoxy) is 1. The molecule has 0 aliphatic heterocycles. The molecule has 1 aromatic heterocycles. The highest BCUT2D eigenvalue weighted by atomic mass is 16.5. The Kier molecular flexibility index (Phi) is 3.95. The summed E-state index contributed by atoms with van der Waals surface area (Å²) in [6, 6.07) is 3.56. The first-order chi connectivity index (χ1) is 9.09. The second-order valence-electron chi connectivity index (χ2n) is 4.95. The molecule has 2 N–H and O–H groups in total. The zero-order valence-corrected chi connectivity index (χ0v) is 11.0. The third-order valence-corrected chi connectivity index (χ3v) is 3.63. The van der Waals surface area contributed by atoms with E-state index in [1.54, 1.807) is 19.2 Å². The number of carbonyl (C=O) groups excluding carboxylic acids is 2. The van der Waals surface area contributed by atoms with Crippen LogP contribution in [0.4, 0.5) is 0 Å². The number of hydrogen-bond donors (Lipinski definition) is 1. The quantitative estimate of drug-likeness (QED) is 0.655. The fourth-order valence-electron chi connectivity index (χ4n) is 2.55. The Hall–Kier alpha value is -1.75. The molecular weight excluding hydrogens is 244 g/mol. The van der Waals surface area contributed by atoms with Gasteiger partial charge in [-0.3, -0.25) is 14.6 Å². The zero-order valence-electron chi connectivity index (χ0n) is 11.0. The number of esters is 1. The molecule has 1 aliphatic rings. The molecule has 0 spiro atoms. The van der Waals surface area contributed by atoms with Crippen LogP contribution in [0.2, 0.25) is 0 Å². The maximum Gasteiger partial charge on any atom is 0.326 e. The van der Waals surface area contributed by atoms with Gasteiger partial charge < -0.3 is 10.5 Å². The van der Waals surface area contributed by atoms with Crippen molar-refractivity contribution in [3.63, 3.8) is 0 Å². The minimum Gasteiger partial charge on any atom is -0.465 e. The summed E-state index contributed by atoms with van der Waals surface area (Å²) < 4.78 is 5.02. The number of rotatable bonds is 4. The van der Waals surface area contributed by atoms with Gasteiger partial charge in [-0.1, -0.05) is 6.07 Å². The molecule has 0 saturated heterocycles. The number of nitrogens with two attached hydrogens (primary N) is 1. The van der Waals surface area contributed by atoms with Crippen LogP contribution in [-0.4, -0.2) is 29.4 Å².